The van der Waals surface area contributed by atoms with Gasteiger partial charge in [-0.1, -0.05) is 6.07 Å². The molecule has 0 bridgehead atoms. The Labute approximate surface area is 99.7 Å². The maximum absolute atomic E-state index is 13.5. The molecule has 1 fully saturated rings. The van der Waals surface area contributed by atoms with E-state index >= 15 is 0 Å². The molecule has 0 unspecified atom stereocenters. The number of carbonyl (C=O) groups is 1. The van der Waals surface area contributed by atoms with E-state index in [1.807, 2.05) is 0 Å². The van der Waals surface area contributed by atoms with Crippen molar-refractivity contribution in [3.8, 4) is 0 Å². The minimum absolute atomic E-state index is 0.0653. The fraction of sp³-hybridized carbons (Fsp3) is 0.462. The second-order valence-corrected chi connectivity index (χ2v) is 4.50. The summed E-state index contributed by atoms with van der Waals surface area (Å²) < 4.78 is 13.5. The molecule has 2 rings (SSSR count). The van der Waals surface area contributed by atoms with Gasteiger partial charge in [0, 0.05) is 12.2 Å². The molecule has 0 heterocycles. The number of hydrogen-bond donors (Lipinski definition) is 2. The first-order valence-electron chi connectivity index (χ1n) is 5.81. The lowest BCUT2D eigenvalue weighted by molar-refractivity contribution is 0.101. The van der Waals surface area contributed by atoms with Gasteiger partial charge in [-0.05, 0) is 37.8 Å². The summed E-state index contributed by atoms with van der Waals surface area (Å²) in [5, 5.41) is 12.7. The Morgan fingerprint density at radius 3 is 2.88 bits per heavy atom. The molecule has 0 spiro atoms. The number of anilines is 1. The van der Waals surface area contributed by atoms with Crippen molar-refractivity contribution < 1.29 is 14.3 Å². The number of benzene rings is 1. The van der Waals surface area contributed by atoms with E-state index in [1.54, 1.807) is 12.1 Å². The van der Waals surface area contributed by atoms with Crippen LogP contribution in [-0.2, 0) is 0 Å². The number of halogens is 1. The van der Waals surface area contributed by atoms with Crippen molar-refractivity contribution in [2.45, 2.75) is 25.9 Å². The molecule has 92 valence electrons. The van der Waals surface area contributed by atoms with Crippen molar-refractivity contribution in [2.75, 3.05) is 11.9 Å². The van der Waals surface area contributed by atoms with Gasteiger partial charge >= 0.3 is 0 Å². The first-order chi connectivity index (χ1) is 8.09. The molecule has 4 heteroatoms. The van der Waals surface area contributed by atoms with E-state index in [-0.39, 0.29) is 11.3 Å². The number of aliphatic hydroxyl groups excluding tert-OH is 1. The molecule has 0 aliphatic heterocycles. The Morgan fingerprint density at radius 2 is 2.29 bits per heavy atom. The predicted molar refractivity (Wildman–Crippen MR) is 63.6 cm³/mol. The van der Waals surface area contributed by atoms with Crippen LogP contribution in [0.1, 0.15) is 30.1 Å². The van der Waals surface area contributed by atoms with E-state index in [4.69, 9.17) is 0 Å². The summed E-state index contributed by atoms with van der Waals surface area (Å²) in [7, 11) is 0. The molecule has 1 saturated carbocycles. The van der Waals surface area contributed by atoms with Gasteiger partial charge in [0.25, 0.3) is 0 Å². The lowest BCUT2D eigenvalue weighted by atomic mass is 10.1. The number of carbonyl (C=O) groups excluding carboxylic acids is 1. The SMILES string of the molecule is CC(=O)c1c(F)cccc1NC[C@H](O)C1CC1. The second-order valence-electron chi connectivity index (χ2n) is 4.50. The molecule has 0 radical (unpaired) electrons. The van der Waals surface area contributed by atoms with Crippen LogP contribution in [0.2, 0.25) is 0 Å². The van der Waals surface area contributed by atoms with Crippen LogP contribution in [0.5, 0.6) is 0 Å². The zero-order chi connectivity index (χ0) is 12.4. The van der Waals surface area contributed by atoms with Crippen molar-refractivity contribution in [1.82, 2.24) is 0 Å². The highest BCUT2D eigenvalue weighted by Crippen LogP contribution is 2.32. The fourth-order valence-corrected chi connectivity index (χ4v) is 1.89. The highest BCUT2D eigenvalue weighted by atomic mass is 19.1. The first kappa shape index (κ1) is 12.0. The predicted octanol–water partition coefficient (Wildman–Crippen LogP) is 2.21. The van der Waals surface area contributed by atoms with Gasteiger partial charge in [0.1, 0.15) is 5.82 Å². The van der Waals surface area contributed by atoms with Gasteiger partial charge in [-0.2, -0.15) is 0 Å². The first-order valence-corrected chi connectivity index (χ1v) is 5.81. The number of nitrogens with one attached hydrogen (secondary N) is 1. The number of rotatable bonds is 5. The lowest BCUT2D eigenvalue weighted by Crippen LogP contribution is -2.22. The van der Waals surface area contributed by atoms with Crippen LogP contribution in [0.4, 0.5) is 10.1 Å². The molecule has 3 nitrogen and oxygen atoms in total. The van der Waals surface area contributed by atoms with Gasteiger partial charge in [-0.25, -0.2) is 4.39 Å². The minimum atomic E-state index is -0.525. The van der Waals surface area contributed by atoms with Gasteiger partial charge in [0.05, 0.1) is 11.7 Å². The fourth-order valence-electron chi connectivity index (χ4n) is 1.89. The summed E-state index contributed by atoms with van der Waals surface area (Å²) >= 11 is 0. The van der Waals surface area contributed by atoms with Crippen molar-refractivity contribution in [3.05, 3.63) is 29.6 Å². The standard InChI is InChI=1S/C13H16FNO2/c1-8(16)13-10(14)3-2-4-11(13)15-7-12(17)9-5-6-9/h2-4,9,12,15,17H,5-7H2,1H3/t12-/m0/s1. The second kappa shape index (κ2) is 4.84. The maximum Gasteiger partial charge on any atom is 0.164 e. The minimum Gasteiger partial charge on any atom is -0.391 e. The van der Waals surface area contributed by atoms with Gasteiger partial charge in [0.2, 0.25) is 0 Å². The van der Waals surface area contributed by atoms with E-state index in [0.29, 0.717) is 18.2 Å². The number of aliphatic hydroxyl groups is 1. The highest BCUT2D eigenvalue weighted by Gasteiger charge is 2.29. The highest BCUT2D eigenvalue weighted by molar-refractivity contribution is 5.99. The molecule has 0 saturated heterocycles. The van der Waals surface area contributed by atoms with Crippen LogP contribution in [0.3, 0.4) is 0 Å². The molecular weight excluding hydrogens is 221 g/mol. The number of hydrogen-bond acceptors (Lipinski definition) is 3. The molecule has 0 amide bonds. The largest absolute Gasteiger partial charge is 0.391 e. The third-order valence-corrected chi connectivity index (χ3v) is 3.03. The Kier molecular flexibility index (Phi) is 3.43. The molecule has 1 atom stereocenters. The molecule has 1 aromatic rings. The molecule has 1 aromatic carbocycles. The van der Waals surface area contributed by atoms with Gasteiger partial charge in [-0.15, -0.1) is 0 Å². The average Bonchev–Trinajstić information content (AvgIpc) is 3.08. The van der Waals surface area contributed by atoms with Gasteiger partial charge in [0.15, 0.2) is 5.78 Å². The molecular formula is C13H16FNO2. The summed E-state index contributed by atoms with van der Waals surface area (Å²) in [6, 6.07) is 4.46. The third-order valence-electron chi connectivity index (χ3n) is 3.03. The van der Waals surface area contributed by atoms with Gasteiger partial charge < -0.3 is 10.4 Å². The quantitative estimate of drug-likeness (QED) is 0.772. The van der Waals surface area contributed by atoms with Crippen LogP contribution in [0.25, 0.3) is 0 Å². The summed E-state index contributed by atoms with van der Waals surface area (Å²) in [6.07, 6.45) is 1.68. The van der Waals surface area contributed by atoms with Crippen molar-refractivity contribution in [2.24, 2.45) is 5.92 Å². The molecule has 0 aromatic heterocycles. The van der Waals surface area contributed by atoms with Crippen molar-refractivity contribution in [1.29, 1.82) is 0 Å². The van der Waals surface area contributed by atoms with Crippen LogP contribution < -0.4 is 5.32 Å². The maximum atomic E-state index is 13.5. The van der Waals surface area contributed by atoms with Crippen LogP contribution in [0, 0.1) is 11.7 Å². The lowest BCUT2D eigenvalue weighted by Gasteiger charge is -2.14. The van der Waals surface area contributed by atoms with E-state index < -0.39 is 11.9 Å². The van der Waals surface area contributed by atoms with Crippen LogP contribution in [0.15, 0.2) is 18.2 Å². The molecule has 2 N–H and O–H groups in total. The van der Waals surface area contributed by atoms with Crippen molar-refractivity contribution >= 4 is 11.5 Å². The zero-order valence-electron chi connectivity index (χ0n) is 9.74. The topological polar surface area (TPSA) is 49.3 Å². The smallest absolute Gasteiger partial charge is 0.164 e. The Morgan fingerprint density at radius 1 is 1.59 bits per heavy atom. The molecule has 1 aliphatic rings. The summed E-state index contributed by atoms with van der Waals surface area (Å²) in [5.41, 5.74) is 0.521. The van der Waals surface area contributed by atoms with E-state index in [0.717, 1.165) is 12.8 Å². The Bertz CT molecular complexity index is 429. The van der Waals surface area contributed by atoms with E-state index in [1.165, 1.54) is 13.0 Å². The summed E-state index contributed by atoms with van der Waals surface area (Å²) in [4.78, 5) is 11.3. The molecule has 17 heavy (non-hydrogen) atoms. The van der Waals surface area contributed by atoms with E-state index in [2.05, 4.69) is 5.32 Å². The Hall–Kier alpha value is -1.42. The number of ketones is 1. The van der Waals surface area contributed by atoms with Crippen molar-refractivity contribution in [3.63, 3.8) is 0 Å². The Balaban J connectivity index is 2.08. The molecule has 1 aliphatic carbocycles. The average molecular weight is 237 g/mol. The van der Waals surface area contributed by atoms with Gasteiger partial charge in [-0.3, -0.25) is 4.79 Å². The zero-order valence-corrected chi connectivity index (χ0v) is 9.74. The summed E-state index contributed by atoms with van der Waals surface area (Å²) in [6.45, 7) is 1.69. The summed E-state index contributed by atoms with van der Waals surface area (Å²) in [5.74, 6) is -0.480. The third kappa shape index (κ3) is 2.82. The monoisotopic (exact) mass is 237 g/mol. The number of Topliss-reactive ketones (excluding diaryl/α,β-unsaturated/α-hetero) is 1. The van der Waals surface area contributed by atoms with Crippen LogP contribution in [-0.4, -0.2) is 23.5 Å². The van der Waals surface area contributed by atoms with Crippen LogP contribution >= 0.6 is 0 Å². The normalized spacial score (nSPS) is 16.6. The van der Waals surface area contributed by atoms with E-state index in [9.17, 15) is 14.3 Å².